The molecule has 6 heteroatoms. The van der Waals surface area contributed by atoms with Crippen LogP contribution in [0.3, 0.4) is 0 Å². The maximum absolute atomic E-state index is 13.6. The Labute approximate surface area is 158 Å². The fourth-order valence-electron chi connectivity index (χ4n) is 6.67. The normalized spacial score (nSPS) is 46.3. The zero-order chi connectivity index (χ0) is 19.9. The highest BCUT2D eigenvalue weighted by Crippen LogP contribution is 2.66. The Morgan fingerprint density at radius 3 is 2.56 bits per heavy atom. The van der Waals surface area contributed by atoms with Gasteiger partial charge in [-0.3, -0.25) is 14.4 Å². The summed E-state index contributed by atoms with van der Waals surface area (Å²) in [5.41, 5.74) is -1.01. The molecule has 4 aliphatic rings. The lowest BCUT2D eigenvalue weighted by Gasteiger charge is -2.64. The molecule has 1 N–H and O–H groups in total. The average molecular weight is 374 g/mol. The van der Waals surface area contributed by atoms with Crippen LogP contribution >= 0.6 is 0 Å². The van der Waals surface area contributed by atoms with E-state index in [1.165, 1.54) is 7.11 Å². The number of rotatable bonds is 1. The van der Waals surface area contributed by atoms with Gasteiger partial charge in [-0.15, -0.1) is 0 Å². The molecule has 0 aromatic heterocycles. The molecule has 1 saturated heterocycles. The minimum atomic E-state index is -1.06. The third-order valence-electron chi connectivity index (χ3n) is 7.90. The van der Waals surface area contributed by atoms with Gasteiger partial charge in [0.05, 0.1) is 13.5 Å². The van der Waals surface area contributed by atoms with Crippen LogP contribution in [0.1, 0.15) is 40.5 Å². The van der Waals surface area contributed by atoms with Crippen LogP contribution in [0.25, 0.3) is 0 Å². The Balaban J connectivity index is 2.00. The Morgan fingerprint density at radius 2 is 1.93 bits per heavy atom. The summed E-state index contributed by atoms with van der Waals surface area (Å²) in [7, 11) is 1.45. The molecular formula is C21H26O6. The number of fused-ring (bicyclic) bond motifs is 2. The van der Waals surface area contributed by atoms with Crippen molar-refractivity contribution in [3.8, 4) is 0 Å². The van der Waals surface area contributed by atoms with Crippen LogP contribution in [0.5, 0.6) is 0 Å². The smallest absolute Gasteiger partial charge is 0.306 e. The van der Waals surface area contributed by atoms with Gasteiger partial charge in [-0.2, -0.15) is 0 Å². The minimum Gasteiger partial charge on any atom is -0.505 e. The van der Waals surface area contributed by atoms with E-state index in [1.54, 1.807) is 13.0 Å². The summed E-state index contributed by atoms with van der Waals surface area (Å²) in [5, 5.41) is 10.3. The maximum atomic E-state index is 13.6. The molecule has 4 rings (SSSR count). The number of hydrogen-bond donors (Lipinski definition) is 1. The van der Waals surface area contributed by atoms with Crippen molar-refractivity contribution in [1.82, 2.24) is 0 Å². The highest BCUT2D eigenvalue weighted by atomic mass is 16.5. The van der Waals surface area contributed by atoms with Crippen LogP contribution in [0, 0.1) is 34.5 Å². The first-order valence-electron chi connectivity index (χ1n) is 9.52. The van der Waals surface area contributed by atoms with E-state index in [2.05, 4.69) is 0 Å². The number of methoxy groups -OCH3 is 1. The third-order valence-corrected chi connectivity index (χ3v) is 7.90. The number of carbonyl (C=O) groups is 3. The van der Waals surface area contributed by atoms with Crippen molar-refractivity contribution < 1.29 is 29.0 Å². The van der Waals surface area contributed by atoms with Crippen LogP contribution in [-0.2, 0) is 23.9 Å². The van der Waals surface area contributed by atoms with Gasteiger partial charge >= 0.3 is 5.97 Å². The molecule has 6 nitrogen and oxygen atoms in total. The van der Waals surface area contributed by atoms with Crippen LogP contribution in [0.2, 0.25) is 0 Å². The monoisotopic (exact) mass is 374 g/mol. The third kappa shape index (κ3) is 1.99. The number of ketones is 2. The van der Waals surface area contributed by atoms with Gasteiger partial charge in [0, 0.05) is 22.7 Å². The second kappa shape index (κ2) is 5.46. The first kappa shape index (κ1) is 18.3. The lowest BCUT2D eigenvalue weighted by molar-refractivity contribution is -0.217. The molecular weight excluding hydrogens is 348 g/mol. The molecule has 0 aromatic carbocycles. The number of ether oxygens (including phenoxy) is 2. The zero-order valence-corrected chi connectivity index (χ0v) is 16.4. The van der Waals surface area contributed by atoms with Crippen molar-refractivity contribution in [3.05, 3.63) is 23.2 Å². The number of aliphatic hydroxyl groups excluding tert-OH is 1. The van der Waals surface area contributed by atoms with E-state index in [9.17, 15) is 19.5 Å². The summed E-state index contributed by atoms with van der Waals surface area (Å²) in [5.74, 6) is -2.17. The first-order chi connectivity index (χ1) is 12.6. The van der Waals surface area contributed by atoms with E-state index in [1.807, 2.05) is 20.8 Å². The second-order valence-electron chi connectivity index (χ2n) is 8.98. The maximum Gasteiger partial charge on any atom is 0.306 e. The number of Topliss-reactive ketones (excluding diaryl/α,β-unsaturated/α-hetero) is 2. The molecule has 2 fully saturated rings. The van der Waals surface area contributed by atoms with E-state index < -0.39 is 28.6 Å². The van der Waals surface area contributed by atoms with Gasteiger partial charge in [0.2, 0.25) is 11.6 Å². The van der Waals surface area contributed by atoms with Crippen molar-refractivity contribution in [2.75, 3.05) is 7.11 Å². The van der Waals surface area contributed by atoms with Gasteiger partial charge in [-0.05, 0) is 36.8 Å². The zero-order valence-electron chi connectivity index (χ0n) is 16.4. The quantitative estimate of drug-likeness (QED) is 0.710. The topological polar surface area (TPSA) is 89.9 Å². The van der Waals surface area contributed by atoms with Gasteiger partial charge in [0.15, 0.2) is 11.5 Å². The predicted octanol–water partition coefficient (Wildman–Crippen LogP) is 2.73. The number of aliphatic hydroxyl groups is 1. The highest BCUT2D eigenvalue weighted by molar-refractivity contribution is 6.07. The number of hydrogen-bond acceptors (Lipinski definition) is 6. The van der Waals surface area contributed by atoms with E-state index in [4.69, 9.17) is 9.47 Å². The van der Waals surface area contributed by atoms with Crippen molar-refractivity contribution in [1.29, 1.82) is 0 Å². The molecule has 27 heavy (non-hydrogen) atoms. The van der Waals surface area contributed by atoms with Gasteiger partial charge in [0.1, 0.15) is 6.10 Å². The van der Waals surface area contributed by atoms with E-state index in [-0.39, 0.29) is 47.4 Å². The largest absolute Gasteiger partial charge is 0.505 e. The van der Waals surface area contributed by atoms with Crippen LogP contribution in [0.15, 0.2) is 23.2 Å². The fraction of sp³-hybridized carbons (Fsp3) is 0.667. The molecule has 0 radical (unpaired) electrons. The van der Waals surface area contributed by atoms with Crippen molar-refractivity contribution in [3.63, 3.8) is 0 Å². The summed E-state index contributed by atoms with van der Waals surface area (Å²) in [6.07, 6.45) is 1.80. The van der Waals surface area contributed by atoms with Crippen molar-refractivity contribution >= 4 is 17.5 Å². The van der Waals surface area contributed by atoms with Gasteiger partial charge in [0.25, 0.3) is 0 Å². The molecule has 146 valence electrons. The lowest BCUT2D eigenvalue weighted by Crippen LogP contribution is -2.69. The first-order valence-corrected chi connectivity index (χ1v) is 9.52. The Hall–Kier alpha value is -2.11. The predicted molar refractivity (Wildman–Crippen MR) is 95.4 cm³/mol. The SMILES string of the molecule is COC1=C(C)C2CC(=O)OC3CC4C(C)C=C(O)C(=O)C4(C)C(C1=O)C32C. The molecule has 7 atom stereocenters. The minimum absolute atomic E-state index is 0.109. The summed E-state index contributed by atoms with van der Waals surface area (Å²) in [6, 6.07) is 0. The van der Waals surface area contributed by atoms with E-state index >= 15 is 0 Å². The second-order valence-corrected chi connectivity index (χ2v) is 8.98. The van der Waals surface area contributed by atoms with Gasteiger partial charge in [-0.25, -0.2) is 0 Å². The summed E-state index contributed by atoms with van der Waals surface area (Å²) in [6.45, 7) is 7.52. The van der Waals surface area contributed by atoms with E-state index in [0.29, 0.717) is 6.42 Å². The van der Waals surface area contributed by atoms with Crippen LogP contribution < -0.4 is 0 Å². The average Bonchev–Trinajstić information content (AvgIpc) is 2.58. The van der Waals surface area contributed by atoms with Gasteiger partial charge < -0.3 is 14.6 Å². The molecule has 7 unspecified atom stereocenters. The molecule has 0 bridgehead atoms. The van der Waals surface area contributed by atoms with Crippen LogP contribution in [0.4, 0.5) is 0 Å². The lowest BCUT2D eigenvalue weighted by atomic mass is 9.40. The van der Waals surface area contributed by atoms with E-state index in [0.717, 1.165) is 5.57 Å². The number of carbonyl (C=O) groups excluding carboxylic acids is 3. The van der Waals surface area contributed by atoms with Crippen LogP contribution in [-0.4, -0.2) is 35.9 Å². The highest BCUT2D eigenvalue weighted by Gasteiger charge is 2.71. The Kier molecular flexibility index (Phi) is 3.69. The molecule has 3 aliphatic carbocycles. The van der Waals surface area contributed by atoms with Crippen molar-refractivity contribution in [2.45, 2.75) is 46.6 Å². The van der Waals surface area contributed by atoms with Gasteiger partial charge in [-0.1, -0.05) is 20.8 Å². The fourth-order valence-corrected chi connectivity index (χ4v) is 6.67. The summed E-state index contributed by atoms with van der Waals surface area (Å²) < 4.78 is 11.2. The van der Waals surface area contributed by atoms with Crippen molar-refractivity contribution in [2.24, 2.45) is 34.5 Å². The summed E-state index contributed by atoms with van der Waals surface area (Å²) in [4.78, 5) is 39.1. The summed E-state index contributed by atoms with van der Waals surface area (Å²) >= 11 is 0. The molecule has 0 spiro atoms. The standard InChI is InChI=1S/C21H26O6/c1-9-6-13(22)19(25)21(4)11(9)7-14-20(3)12(8-15(23)27-14)10(2)17(26-5)16(24)18(20)21/h6,9,11-12,14,18,22H,7-8H2,1-5H3. The molecule has 1 heterocycles. The molecule has 1 saturated carbocycles. The molecule has 0 aromatic rings. The molecule has 1 aliphatic heterocycles. The Morgan fingerprint density at radius 1 is 1.26 bits per heavy atom. The number of esters is 1. The molecule has 0 amide bonds. The Bertz CT molecular complexity index is 823. The number of allylic oxidation sites excluding steroid dienone is 4.